The van der Waals surface area contributed by atoms with Gasteiger partial charge in [-0.15, -0.1) is 0 Å². The molecule has 1 aromatic rings. The number of ether oxygens (including phenoxy) is 1. The van der Waals surface area contributed by atoms with Crippen LogP contribution in [-0.2, 0) is 4.74 Å². The van der Waals surface area contributed by atoms with E-state index in [1.54, 1.807) is 12.1 Å². The van der Waals surface area contributed by atoms with Gasteiger partial charge in [-0.2, -0.15) is 0 Å². The molecule has 1 saturated heterocycles. The molecule has 3 atom stereocenters. The van der Waals surface area contributed by atoms with Gasteiger partial charge in [0.1, 0.15) is 5.82 Å². The van der Waals surface area contributed by atoms with Crippen molar-refractivity contribution in [1.29, 1.82) is 0 Å². The van der Waals surface area contributed by atoms with Crippen LogP contribution in [0.25, 0.3) is 0 Å². The molecule has 1 heterocycles. The fourth-order valence-electron chi connectivity index (χ4n) is 3.07. The monoisotopic (exact) mass is 294 g/mol. The van der Waals surface area contributed by atoms with Crippen molar-refractivity contribution in [2.24, 2.45) is 5.92 Å². The van der Waals surface area contributed by atoms with Crippen molar-refractivity contribution in [2.75, 3.05) is 32.8 Å². The van der Waals surface area contributed by atoms with Crippen LogP contribution in [0.2, 0.25) is 0 Å². The van der Waals surface area contributed by atoms with Crippen LogP contribution in [0.1, 0.15) is 32.4 Å². The first-order valence-corrected chi connectivity index (χ1v) is 7.93. The second kappa shape index (κ2) is 7.87. The minimum Gasteiger partial charge on any atom is -0.379 e. The van der Waals surface area contributed by atoms with Crippen LogP contribution in [0.15, 0.2) is 24.3 Å². The highest BCUT2D eigenvalue weighted by Crippen LogP contribution is 2.26. The highest BCUT2D eigenvalue weighted by molar-refractivity contribution is 5.22. The van der Waals surface area contributed by atoms with Crippen molar-refractivity contribution in [1.82, 2.24) is 10.2 Å². The van der Waals surface area contributed by atoms with Gasteiger partial charge in [-0.3, -0.25) is 4.90 Å². The molecule has 0 aromatic heterocycles. The van der Waals surface area contributed by atoms with Gasteiger partial charge in [-0.1, -0.05) is 32.0 Å². The van der Waals surface area contributed by atoms with E-state index in [1.807, 2.05) is 12.1 Å². The minimum absolute atomic E-state index is 0.0474. The Morgan fingerprint density at radius 2 is 2.19 bits per heavy atom. The predicted molar refractivity (Wildman–Crippen MR) is 83.8 cm³/mol. The summed E-state index contributed by atoms with van der Waals surface area (Å²) in [5.74, 6) is 0.215. The maximum absolute atomic E-state index is 14.1. The van der Waals surface area contributed by atoms with E-state index in [0.29, 0.717) is 12.0 Å². The van der Waals surface area contributed by atoms with E-state index in [-0.39, 0.29) is 11.9 Å². The van der Waals surface area contributed by atoms with E-state index in [0.717, 1.165) is 38.4 Å². The van der Waals surface area contributed by atoms with Crippen molar-refractivity contribution in [2.45, 2.75) is 32.9 Å². The summed E-state index contributed by atoms with van der Waals surface area (Å²) in [7, 11) is 0. The number of nitrogens with one attached hydrogen (secondary N) is 1. The van der Waals surface area contributed by atoms with Crippen LogP contribution in [-0.4, -0.2) is 43.8 Å². The van der Waals surface area contributed by atoms with E-state index in [2.05, 4.69) is 31.0 Å². The average molecular weight is 294 g/mol. The van der Waals surface area contributed by atoms with Crippen molar-refractivity contribution >= 4 is 0 Å². The quantitative estimate of drug-likeness (QED) is 0.873. The molecule has 1 fully saturated rings. The van der Waals surface area contributed by atoms with Crippen LogP contribution in [0.4, 0.5) is 4.39 Å². The number of hydrogen-bond donors (Lipinski definition) is 1. The molecule has 4 heteroatoms. The Kier molecular flexibility index (Phi) is 6.15. The molecule has 3 nitrogen and oxygen atoms in total. The molecular weight excluding hydrogens is 267 g/mol. The van der Waals surface area contributed by atoms with Gasteiger partial charge in [-0.05, 0) is 25.5 Å². The SMILES string of the molecule is CCNC(c1ccccc1F)C(C)CN1CCOCC1C. The zero-order chi connectivity index (χ0) is 15.2. The third-order valence-electron chi connectivity index (χ3n) is 4.26. The largest absolute Gasteiger partial charge is 0.379 e. The van der Waals surface area contributed by atoms with Crippen molar-refractivity contribution in [3.05, 3.63) is 35.6 Å². The summed E-state index contributed by atoms with van der Waals surface area (Å²) in [5, 5.41) is 3.45. The molecule has 0 bridgehead atoms. The molecule has 118 valence electrons. The smallest absolute Gasteiger partial charge is 0.127 e. The first-order valence-electron chi connectivity index (χ1n) is 7.93. The topological polar surface area (TPSA) is 24.5 Å². The highest BCUT2D eigenvalue weighted by atomic mass is 19.1. The molecule has 0 amide bonds. The Morgan fingerprint density at radius 1 is 1.43 bits per heavy atom. The number of halogens is 1. The van der Waals surface area contributed by atoms with Gasteiger partial charge < -0.3 is 10.1 Å². The van der Waals surface area contributed by atoms with Crippen LogP contribution >= 0.6 is 0 Å². The maximum atomic E-state index is 14.1. The summed E-state index contributed by atoms with van der Waals surface area (Å²) in [6.07, 6.45) is 0. The second-order valence-corrected chi connectivity index (χ2v) is 5.95. The van der Waals surface area contributed by atoms with Crippen molar-refractivity contribution in [3.63, 3.8) is 0 Å². The minimum atomic E-state index is -0.120. The van der Waals surface area contributed by atoms with E-state index < -0.39 is 0 Å². The third-order valence-corrected chi connectivity index (χ3v) is 4.26. The second-order valence-electron chi connectivity index (χ2n) is 5.95. The Bertz CT molecular complexity index is 441. The molecule has 0 saturated carbocycles. The fraction of sp³-hybridized carbons (Fsp3) is 0.647. The zero-order valence-corrected chi connectivity index (χ0v) is 13.3. The summed E-state index contributed by atoms with van der Waals surface area (Å²) >= 11 is 0. The van der Waals surface area contributed by atoms with Gasteiger partial charge in [0.05, 0.1) is 13.2 Å². The first-order chi connectivity index (χ1) is 10.1. The number of morpholine rings is 1. The molecule has 0 aliphatic carbocycles. The Hall–Kier alpha value is -0.970. The molecule has 1 aliphatic heterocycles. The summed E-state index contributed by atoms with van der Waals surface area (Å²) in [5.41, 5.74) is 0.771. The number of benzene rings is 1. The van der Waals surface area contributed by atoms with Crippen molar-refractivity contribution in [3.8, 4) is 0 Å². The molecule has 2 rings (SSSR count). The Morgan fingerprint density at radius 3 is 2.86 bits per heavy atom. The summed E-state index contributed by atoms with van der Waals surface area (Å²) in [4.78, 5) is 2.44. The summed E-state index contributed by atoms with van der Waals surface area (Å²) in [6.45, 7) is 10.8. The van der Waals surface area contributed by atoms with Gasteiger partial charge >= 0.3 is 0 Å². The highest BCUT2D eigenvalue weighted by Gasteiger charge is 2.26. The fourth-order valence-corrected chi connectivity index (χ4v) is 3.07. The van der Waals surface area contributed by atoms with Crippen LogP contribution in [0.5, 0.6) is 0 Å². The van der Waals surface area contributed by atoms with E-state index >= 15 is 0 Å². The van der Waals surface area contributed by atoms with Gasteiger partial charge in [-0.25, -0.2) is 4.39 Å². The molecule has 0 spiro atoms. The van der Waals surface area contributed by atoms with E-state index in [4.69, 9.17) is 4.74 Å². The van der Waals surface area contributed by atoms with E-state index in [9.17, 15) is 4.39 Å². The molecule has 0 radical (unpaired) electrons. The number of hydrogen-bond acceptors (Lipinski definition) is 3. The lowest BCUT2D eigenvalue weighted by molar-refractivity contribution is -0.00859. The van der Waals surface area contributed by atoms with Crippen LogP contribution < -0.4 is 5.32 Å². The van der Waals surface area contributed by atoms with Gasteiger partial charge in [0.25, 0.3) is 0 Å². The van der Waals surface area contributed by atoms with Crippen LogP contribution in [0.3, 0.4) is 0 Å². The lowest BCUT2D eigenvalue weighted by Gasteiger charge is -2.37. The Labute approximate surface area is 127 Å². The van der Waals surface area contributed by atoms with Crippen LogP contribution in [0, 0.1) is 11.7 Å². The van der Waals surface area contributed by atoms with E-state index in [1.165, 1.54) is 0 Å². The number of nitrogens with zero attached hydrogens (tertiary/aromatic N) is 1. The molecule has 3 unspecified atom stereocenters. The summed E-state index contributed by atoms with van der Waals surface area (Å²) in [6, 6.07) is 7.57. The molecule has 1 aromatic carbocycles. The Balaban J connectivity index is 2.08. The molecular formula is C17H27FN2O. The first kappa shape index (κ1) is 16.4. The summed E-state index contributed by atoms with van der Waals surface area (Å²) < 4.78 is 19.6. The molecule has 1 aliphatic rings. The zero-order valence-electron chi connectivity index (χ0n) is 13.3. The standard InChI is InChI=1S/C17H27FN2O/c1-4-19-17(15-7-5-6-8-16(15)18)13(2)11-20-9-10-21-12-14(20)3/h5-8,13-14,17,19H,4,9-12H2,1-3H3. The lowest BCUT2D eigenvalue weighted by Crippen LogP contribution is -2.47. The van der Waals surface area contributed by atoms with Crippen molar-refractivity contribution < 1.29 is 9.13 Å². The maximum Gasteiger partial charge on any atom is 0.127 e. The van der Waals surface area contributed by atoms with Gasteiger partial charge in [0.15, 0.2) is 0 Å². The predicted octanol–water partition coefficient (Wildman–Crippen LogP) is 2.83. The number of rotatable bonds is 6. The molecule has 21 heavy (non-hydrogen) atoms. The molecule has 1 N–H and O–H groups in total. The van der Waals surface area contributed by atoms with Gasteiger partial charge in [0.2, 0.25) is 0 Å². The normalized spacial score (nSPS) is 23.0. The lowest BCUT2D eigenvalue weighted by atomic mass is 9.93. The third kappa shape index (κ3) is 4.25. The van der Waals surface area contributed by atoms with Gasteiger partial charge in [0, 0.05) is 30.7 Å². The average Bonchev–Trinajstić information content (AvgIpc) is 2.48.